The highest BCUT2D eigenvalue weighted by Crippen LogP contribution is 2.34. The van der Waals surface area contributed by atoms with Gasteiger partial charge in [0.1, 0.15) is 18.0 Å². The SMILES string of the molecule is O=C(Nc1ccc2c(c1)OCO2)Nc1cc(N2CCCC2)ncn1. The number of nitrogens with zero attached hydrogens (tertiary/aromatic N) is 3. The van der Waals surface area contributed by atoms with Gasteiger partial charge in [-0.3, -0.25) is 5.32 Å². The summed E-state index contributed by atoms with van der Waals surface area (Å²) in [6.45, 7) is 2.17. The Morgan fingerprint density at radius 1 is 1.04 bits per heavy atom. The summed E-state index contributed by atoms with van der Waals surface area (Å²) in [5.41, 5.74) is 0.616. The first-order valence-electron chi connectivity index (χ1n) is 7.82. The Kier molecular flexibility index (Phi) is 3.78. The van der Waals surface area contributed by atoms with Gasteiger partial charge in [-0.2, -0.15) is 0 Å². The predicted octanol–water partition coefficient (Wildman–Crippen LogP) is 2.45. The number of nitrogens with one attached hydrogen (secondary N) is 2. The van der Waals surface area contributed by atoms with Crippen LogP contribution in [-0.2, 0) is 0 Å². The van der Waals surface area contributed by atoms with E-state index in [0.717, 1.165) is 31.7 Å². The van der Waals surface area contributed by atoms with Crippen LogP contribution in [0.4, 0.5) is 22.1 Å². The minimum absolute atomic E-state index is 0.200. The third-order valence-electron chi connectivity index (χ3n) is 3.95. The number of aromatic nitrogens is 2. The molecule has 2 aromatic rings. The lowest BCUT2D eigenvalue weighted by Gasteiger charge is -2.16. The first-order chi connectivity index (χ1) is 11.8. The molecule has 0 spiro atoms. The molecule has 1 fully saturated rings. The maximum absolute atomic E-state index is 12.1. The molecule has 2 aliphatic rings. The molecular weight excluding hydrogens is 310 g/mol. The Bertz CT molecular complexity index is 761. The second-order valence-electron chi connectivity index (χ2n) is 5.60. The first kappa shape index (κ1) is 14.6. The lowest BCUT2D eigenvalue weighted by molar-refractivity contribution is 0.174. The Morgan fingerprint density at radius 3 is 2.75 bits per heavy atom. The van der Waals surface area contributed by atoms with E-state index < -0.39 is 0 Å². The van der Waals surface area contributed by atoms with Crippen molar-refractivity contribution in [3.05, 3.63) is 30.6 Å². The van der Waals surface area contributed by atoms with Crippen molar-refractivity contribution < 1.29 is 14.3 Å². The maximum atomic E-state index is 12.1. The summed E-state index contributed by atoms with van der Waals surface area (Å²) in [6.07, 6.45) is 3.79. The predicted molar refractivity (Wildman–Crippen MR) is 88.7 cm³/mol. The van der Waals surface area contributed by atoms with Crippen molar-refractivity contribution in [3.63, 3.8) is 0 Å². The van der Waals surface area contributed by atoms with Crippen LogP contribution in [0.5, 0.6) is 11.5 Å². The van der Waals surface area contributed by atoms with E-state index in [2.05, 4.69) is 25.5 Å². The Morgan fingerprint density at radius 2 is 1.88 bits per heavy atom. The van der Waals surface area contributed by atoms with Gasteiger partial charge in [-0.15, -0.1) is 0 Å². The van der Waals surface area contributed by atoms with Crippen molar-refractivity contribution in [3.8, 4) is 11.5 Å². The molecule has 0 unspecified atom stereocenters. The summed E-state index contributed by atoms with van der Waals surface area (Å²) < 4.78 is 10.5. The maximum Gasteiger partial charge on any atom is 0.324 e. The molecule has 1 saturated heterocycles. The van der Waals surface area contributed by atoms with Crippen LogP contribution in [0.1, 0.15) is 12.8 Å². The highest BCUT2D eigenvalue weighted by molar-refractivity contribution is 5.99. The van der Waals surface area contributed by atoms with Gasteiger partial charge in [0.25, 0.3) is 0 Å². The van der Waals surface area contributed by atoms with Gasteiger partial charge < -0.3 is 19.7 Å². The largest absolute Gasteiger partial charge is 0.454 e. The summed E-state index contributed by atoms with van der Waals surface area (Å²) >= 11 is 0. The fraction of sp³-hybridized carbons (Fsp3) is 0.312. The number of amides is 2. The molecule has 1 aromatic carbocycles. The molecule has 0 bridgehead atoms. The van der Waals surface area contributed by atoms with E-state index in [1.165, 1.54) is 6.33 Å². The average Bonchev–Trinajstić information content (AvgIpc) is 3.26. The molecule has 2 amide bonds. The lowest BCUT2D eigenvalue weighted by atomic mass is 10.3. The van der Waals surface area contributed by atoms with E-state index in [-0.39, 0.29) is 12.8 Å². The lowest BCUT2D eigenvalue weighted by Crippen LogP contribution is -2.22. The molecule has 124 valence electrons. The highest BCUT2D eigenvalue weighted by atomic mass is 16.7. The summed E-state index contributed by atoms with van der Waals surface area (Å²) in [6, 6.07) is 6.64. The molecule has 2 aliphatic heterocycles. The van der Waals surface area contributed by atoms with Gasteiger partial charge >= 0.3 is 6.03 Å². The second-order valence-corrected chi connectivity index (χ2v) is 5.60. The van der Waals surface area contributed by atoms with Crippen LogP contribution in [0, 0.1) is 0 Å². The first-order valence-corrected chi connectivity index (χ1v) is 7.82. The second kappa shape index (κ2) is 6.23. The Labute approximate surface area is 138 Å². The number of anilines is 3. The molecule has 8 nitrogen and oxygen atoms in total. The summed E-state index contributed by atoms with van der Waals surface area (Å²) in [5.74, 6) is 2.59. The van der Waals surface area contributed by atoms with E-state index in [0.29, 0.717) is 23.0 Å². The van der Waals surface area contributed by atoms with Gasteiger partial charge in [0.2, 0.25) is 6.79 Å². The highest BCUT2D eigenvalue weighted by Gasteiger charge is 2.16. The number of fused-ring (bicyclic) bond motifs is 1. The van der Waals surface area contributed by atoms with E-state index in [1.54, 1.807) is 24.3 Å². The zero-order valence-electron chi connectivity index (χ0n) is 13.0. The van der Waals surface area contributed by atoms with Gasteiger partial charge in [0.15, 0.2) is 11.5 Å². The fourth-order valence-corrected chi connectivity index (χ4v) is 2.79. The normalized spacial score (nSPS) is 15.4. The standard InChI is InChI=1S/C16H17N5O3/c22-16(19-11-3-4-12-13(7-11)24-10-23-12)20-14-8-15(18-9-17-14)21-5-1-2-6-21/h3-4,7-9H,1-2,5-6,10H2,(H2,17,18,19,20,22). The fourth-order valence-electron chi connectivity index (χ4n) is 2.79. The number of urea groups is 1. The molecule has 2 N–H and O–H groups in total. The topological polar surface area (TPSA) is 88.6 Å². The molecule has 4 rings (SSSR count). The van der Waals surface area contributed by atoms with Gasteiger partial charge in [-0.1, -0.05) is 0 Å². The van der Waals surface area contributed by atoms with Crippen LogP contribution >= 0.6 is 0 Å². The van der Waals surface area contributed by atoms with Crippen LogP contribution in [-0.4, -0.2) is 35.9 Å². The van der Waals surface area contributed by atoms with Gasteiger partial charge in [-0.25, -0.2) is 14.8 Å². The molecule has 3 heterocycles. The van der Waals surface area contributed by atoms with Crippen molar-refractivity contribution in [2.75, 3.05) is 35.4 Å². The molecule has 0 saturated carbocycles. The number of carbonyl (C=O) groups is 1. The molecule has 1 aromatic heterocycles. The summed E-state index contributed by atoms with van der Waals surface area (Å²) in [5, 5.41) is 5.47. The monoisotopic (exact) mass is 327 g/mol. The van der Waals surface area contributed by atoms with Crippen molar-refractivity contribution in [1.29, 1.82) is 0 Å². The van der Waals surface area contributed by atoms with Crippen molar-refractivity contribution in [2.24, 2.45) is 0 Å². The number of rotatable bonds is 3. The van der Waals surface area contributed by atoms with Crippen molar-refractivity contribution >= 4 is 23.4 Å². The zero-order chi connectivity index (χ0) is 16.4. The van der Waals surface area contributed by atoms with Gasteiger partial charge in [0.05, 0.1) is 0 Å². The molecule has 0 radical (unpaired) electrons. The number of benzene rings is 1. The van der Waals surface area contributed by atoms with Gasteiger partial charge in [-0.05, 0) is 25.0 Å². The molecular formula is C16H17N5O3. The molecule has 24 heavy (non-hydrogen) atoms. The van der Waals surface area contributed by atoms with Crippen LogP contribution in [0.3, 0.4) is 0 Å². The minimum atomic E-state index is -0.375. The van der Waals surface area contributed by atoms with Gasteiger partial charge in [0, 0.05) is 30.9 Å². The van der Waals surface area contributed by atoms with Crippen LogP contribution in [0.2, 0.25) is 0 Å². The molecule has 0 atom stereocenters. The molecule has 0 aliphatic carbocycles. The number of hydrogen-bond acceptors (Lipinski definition) is 6. The summed E-state index contributed by atoms with van der Waals surface area (Å²) in [4.78, 5) is 22.7. The quantitative estimate of drug-likeness (QED) is 0.900. The zero-order valence-corrected chi connectivity index (χ0v) is 13.0. The number of hydrogen-bond donors (Lipinski definition) is 2. The Hall–Kier alpha value is -3.03. The summed E-state index contributed by atoms with van der Waals surface area (Å²) in [7, 11) is 0. The minimum Gasteiger partial charge on any atom is -0.454 e. The van der Waals surface area contributed by atoms with Crippen LogP contribution < -0.4 is 25.0 Å². The molecule has 8 heteroatoms. The Balaban J connectivity index is 1.41. The van der Waals surface area contributed by atoms with E-state index in [9.17, 15) is 4.79 Å². The number of ether oxygens (including phenoxy) is 2. The smallest absolute Gasteiger partial charge is 0.324 e. The third kappa shape index (κ3) is 3.03. The third-order valence-corrected chi connectivity index (χ3v) is 3.95. The van der Waals surface area contributed by atoms with Crippen molar-refractivity contribution in [1.82, 2.24) is 9.97 Å². The van der Waals surface area contributed by atoms with Crippen LogP contribution in [0.15, 0.2) is 30.6 Å². The average molecular weight is 327 g/mol. The van der Waals surface area contributed by atoms with Crippen LogP contribution in [0.25, 0.3) is 0 Å². The van der Waals surface area contributed by atoms with E-state index in [4.69, 9.17) is 9.47 Å². The van der Waals surface area contributed by atoms with Crippen molar-refractivity contribution in [2.45, 2.75) is 12.8 Å². The van der Waals surface area contributed by atoms with E-state index in [1.807, 2.05) is 0 Å². The number of carbonyl (C=O) groups excluding carboxylic acids is 1. The van der Waals surface area contributed by atoms with E-state index >= 15 is 0 Å².